The third-order valence-electron chi connectivity index (χ3n) is 4.12. The largest absolute Gasteiger partial charge is 0.370 e. The Hall–Kier alpha value is -2.59. The Kier molecular flexibility index (Phi) is 4.44. The second-order valence-electron chi connectivity index (χ2n) is 5.82. The number of anilines is 1. The Bertz CT molecular complexity index is 736. The number of carbonyl (C=O) groups excluding carboxylic acids is 1. The van der Waals surface area contributed by atoms with Gasteiger partial charge < -0.3 is 9.74 Å². The fourth-order valence-electron chi connectivity index (χ4n) is 2.88. The lowest BCUT2D eigenvalue weighted by atomic mass is 10.1. The van der Waals surface area contributed by atoms with Gasteiger partial charge >= 0.3 is 5.97 Å². The summed E-state index contributed by atoms with van der Waals surface area (Å²) >= 11 is 0. The number of hydrogen-bond donors (Lipinski definition) is 1. The summed E-state index contributed by atoms with van der Waals surface area (Å²) in [5.74, 6) is 4.27. The molecule has 4 heteroatoms. The lowest BCUT2D eigenvalue weighted by Gasteiger charge is -2.19. The molecule has 0 saturated heterocycles. The van der Waals surface area contributed by atoms with Crippen LogP contribution in [0.5, 0.6) is 0 Å². The van der Waals surface area contributed by atoms with Crippen LogP contribution in [0.4, 0.5) is 5.69 Å². The van der Waals surface area contributed by atoms with E-state index < -0.39 is 5.97 Å². The molecule has 0 saturated carbocycles. The van der Waals surface area contributed by atoms with E-state index in [4.69, 9.17) is 5.90 Å². The fourth-order valence-corrected chi connectivity index (χ4v) is 2.88. The molecule has 0 amide bonds. The number of aryl methyl sites for hydroxylation is 1. The second kappa shape index (κ2) is 6.67. The molecular weight excluding hydrogens is 288 g/mol. The van der Waals surface area contributed by atoms with E-state index in [0.717, 1.165) is 25.1 Å². The maximum absolute atomic E-state index is 11.1. The molecule has 2 aromatic carbocycles. The zero-order chi connectivity index (χ0) is 16.2. The van der Waals surface area contributed by atoms with Crippen LogP contribution in [0.15, 0.2) is 48.5 Å². The Balaban J connectivity index is 1.74. The molecule has 1 heterocycles. The summed E-state index contributed by atoms with van der Waals surface area (Å²) in [6.45, 7) is 4.04. The van der Waals surface area contributed by atoms with E-state index in [0.29, 0.717) is 0 Å². The van der Waals surface area contributed by atoms with E-state index in [1.807, 2.05) is 6.07 Å². The number of hydrogen-bond acceptors (Lipinski definition) is 4. The van der Waals surface area contributed by atoms with E-state index in [-0.39, 0.29) is 0 Å². The molecule has 0 fully saturated rings. The minimum Gasteiger partial charge on any atom is -0.370 e. The molecule has 0 radical (unpaired) electrons. The standard InChI is InChI=1S/C19H20N2O2/c1-14-2-4-16(5-3-14)13-21-11-10-17-12-15(6-8-18(17)21)7-9-19(22)23-20/h2-9,12H,10-11,13,20H2,1H3/b9-7+. The van der Waals surface area contributed by atoms with Crippen LogP contribution in [-0.4, -0.2) is 12.5 Å². The molecule has 3 rings (SSSR count). The molecule has 0 unspecified atom stereocenters. The Morgan fingerprint density at radius 1 is 1.26 bits per heavy atom. The van der Waals surface area contributed by atoms with Crippen molar-refractivity contribution >= 4 is 17.7 Å². The van der Waals surface area contributed by atoms with Gasteiger partial charge in [-0.05, 0) is 48.2 Å². The van der Waals surface area contributed by atoms with E-state index >= 15 is 0 Å². The van der Waals surface area contributed by atoms with Crippen LogP contribution in [0.1, 0.15) is 22.3 Å². The highest BCUT2D eigenvalue weighted by Crippen LogP contribution is 2.30. The summed E-state index contributed by atoms with van der Waals surface area (Å²) in [6, 6.07) is 14.9. The van der Waals surface area contributed by atoms with E-state index in [1.165, 1.54) is 28.5 Å². The molecule has 4 nitrogen and oxygen atoms in total. The molecule has 1 aliphatic rings. The predicted octanol–water partition coefficient (Wildman–Crippen LogP) is 2.99. The first-order valence-electron chi connectivity index (χ1n) is 7.68. The van der Waals surface area contributed by atoms with Gasteiger partial charge in [0.25, 0.3) is 0 Å². The molecule has 118 valence electrons. The molecule has 23 heavy (non-hydrogen) atoms. The summed E-state index contributed by atoms with van der Waals surface area (Å²) < 4.78 is 0. The molecule has 1 aliphatic heterocycles. The van der Waals surface area contributed by atoms with Gasteiger partial charge in [0.2, 0.25) is 0 Å². The SMILES string of the molecule is Cc1ccc(CN2CCc3cc(/C=C/C(=O)ON)ccc32)cc1. The quantitative estimate of drug-likeness (QED) is 0.697. The zero-order valence-corrected chi connectivity index (χ0v) is 13.2. The topological polar surface area (TPSA) is 55.6 Å². The maximum atomic E-state index is 11.1. The Morgan fingerprint density at radius 2 is 2.04 bits per heavy atom. The lowest BCUT2D eigenvalue weighted by Crippen LogP contribution is -2.19. The molecule has 0 aliphatic carbocycles. The average Bonchev–Trinajstić information content (AvgIpc) is 2.97. The van der Waals surface area contributed by atoms with Gasteiger partial charge in [-0.1, -0.05) is 35.9 Å². The summed E-state index contributed by atoms with van der Waals surface area (Å²) in [5.41, 5.74) is 6.15. The first kappa shape index (κ1) is 15.3. The smallest absolute Gasteiger partial charge is 0.349 e. The third-order valence-corrected chi connectivity index (χ3v) is 4.12. The predicted molar refractivity (Wildman–Crippen MR) is 91.7 cm³/mol. The maximum Gasteiger partial charge on any atom is 0.349 e. The minimum atomic E-state index is -0.550. The molecule has 0 atom stereocenters. The van der Waals surface area contributed by atoms with Gasteiger partial charge in [0.05, 0.1) is 0 Å². The summed E-state index contributed by atoms with van der Waals surface area (Å²) in [4.78, 5) is 17.6. The van der Waals surface area contributed by atoms with Crippen LogP contribution in [0.2, 0.25) is 0 Å². The highest BCUT2D eigenvalue weighted by atomic mass is 16.7. The van der Waals surface area contributed by atoms with E-state index in [1.54, 1.807) is 6.08 Å². The van der Waals surface area contributed by atoms with Crippen LogP contribution in [0, 0.1) is 6.92 Å². The van der Waals surface area contributed by atoms with Crippen molar-refractivity contribution in [2.45, 2.75) is 19.9 Å². The number of fused-ring (bicyclic) bond motifs is 1. The molecule has 0 aromatic heterocycles. The van der Waals surface area contributed by atoms with Crippen LogP contribution < -0.4 is 10.8 Å². The third kappa shape index (κ3) is 3.60. The molecule has 2 N–H and O–H groups in total. The molecule has 2 aromatic rings. The van der Waals surface area contributed by atoms with Crippen LogP contribution >= 0.6 is 0 Å². The lowest BCUT2D eigenvalue weighted by molar-refractivity contribution is -0.138. The second-order valence-corrected chi connectivity index (χ2v) is 5.82. The average molecular weight is 308 g/mol. The van der Waals surface area contributed by atoms with Crippen molar-refractivity contribution in [3.8, 4) is 0 Å². The van der Waals surface area contributed by atoms with Gasteiger partial charge in [0.15, 0.2) is 0 Å². The van der Waals surface area contributed by atoms with Crippen LogP contribution in [0.25, 0.3) is 6.08 Å². The monoisotopic (exact) mass is 308 g/mol. The van der Waals surface area contributed by atoms with Crippen molar-refractivity contribution in [2.75, 3.05) is 11.4 Å². The van der Waals surface area contributed by atoms with Gasteiger partial charge in [0.1, 0.15) is 0 Å². The molecular formula is C19H20N2O2. The summed E-state index contributed by atoms with van der Waals surface area (Å²) in [7, 11) is 0. The molecule has 0 bridgehead atoms. The number of rotatable bonds is 4. The highest BCUT2D eigenvalue weighted by molar-refractivity contribution is 5.87. The Morgan fingerprint density at radius 3 is 2.78 bits per heavy atom. The van der Waals surface area contributed by atoms with E-state index in [9.17, 15) is 4.79 Å². The number of benzene rings is 2. The van der Waals surface area contributed by atoms with Crippen LogP contribution in [0.3, 0.4) is 0 Å². The summed E-state index contributed by atoms with van der Waals surface area (Å²) in [5, 5.41) is 0. The van der Waals surface area contributed by atoms with Crippen molar-refractivity contribution in [1.82, 2.24) is 0 Å². The van der Waals surface area contributed by atoms with Gasteiger partial charge in [0, 0.05) is 24.9 Å². The van der Waals surface area contributed by atoms with Gasteiger partial charge in [-0.15, -0.1) is 0 Å². The Labute approximate surface area is 136 Å². The van der Waals surface area contributed by atoms with Gasteiger partial charge in [-0.3, -0.25) is 0 Å². The summed E-state index contributed by atoms with van der Waals surface area (Å²) in [6.07, 6.45) is 4.07. The van der Waals surface area contributed by atoms with Crippen molar-refractivity contribution in [3.05, 3.63) is 70.8 Å². The van der Waals surface area contributed by atoms with Crippen molar-refractivity contribution in [3.63, 3.8) is 0 Å². The van der Waals surface area contributed by atoms with Crippen LogP contribution in [-0.2, 0) is 22.6 Å². The number of nitrogens with zero attached hydrogens (tertiary/aromatic N) is 1. The fraction of sp³-hybridized carbons (Fsp3) is 0.211. The highest BCUT2D eigenvalue weighted by Gasteiger charge is 2.19. The number of carbonyl (C=O) groups is 1. The van der Waals surface area contributed by atoms with Crippen molar-refractivity contribution in [2.24, 2.45) is 5.90 Å². The van der Waals surface area contributed by atoms with E-state index in [2.05, 4.69) is 53.1 Å². The van der Waals surface area contributed by atoms with Gasteiger partial charge in [-0.25, -0.2) is 4.79 Å². The van der Waals surface area contributed by atoms with Crippen molar-refractivity contribution < 1.29 is 9.63 Å². The molecule has 0 spiro atoms. The first-order chi connectivity index (χ1) is 11.2. The number of nitrogens with two attached hydrogens (primary N) is 1. The normalized spacial score (nSPS) is 13.4. The van der Waals surface area contributed by atoms with Crippen molar-refractivity contribution in [1.29, 1.82) is 0 Å². The van der Waals surface area contributed by atoms with Gasteiger partial charge in [-0.2, -0.15) is 5.90 Å². The zero-order valence-electron chi connectivity index (χ0n) is 13.2. The minimum absolute atomic E-state index is 0.550. The first-order valence-corrected chi connectivity index (χ1v) is 7.68.